The quantitative estimate of drug-likeness (QED) is 0.710. The summed E-state index contributed by atoms with van der Waals surface area (Å²) in [6.07, 6.45) is 1.76. The minimum absolute atomic E-state index is 0.643. The van der Waals surface area contributed by atoms with E-state index in [9.17, 15) is 0 Å². The van der Waals surface area contributed by atoms with Gasteiger partial charge in [0.25, 0.3) is 0 Å². The minimum Gasteiger partial charge on any atom is -0.379 e. The number of hydrogen-bond acceptors (Lipinski definition) is 3. The molecular formula is C19H17N3. The third-order valence-electron chi connectivity index (χ3n) is 3.24. The molecule has 0 amide bonds. The van der Waals surface area contributed by atoms with Crippen LogP contribution in [0.5, 0.6) is 0 Å². The number of para-hydroxylation sites is 1. The van der Waals surface area contributed by atoms with Crippen LogP contribution in [0.1, 0.15) is 5.56 Å². The Balaban J connectivity index is 1.85. The number of pyridine rings is 1. The Labute approximate surface area is 130 Å². The number of rotatable bonds is 5. The van der Waals surface area contributed by atoms with E-state index in [0.29, 0.717) is 6.54 Å². The number of nitrogens with one attached hydrogen (secondary N) is 1. The highest BCUT2D eigenvalue weighted by Crippen LogP contribution is 2.12. The van der Waals surface area contributed by atoms with Crippen LogP contribution in [0.4, 0.5) is 11.5 Å². The summed E-state index contributed by atoms with van der Waals surface area (Å²) in [5.41, 5.74) is 3.13. The molecule has 2 aromatic carbocycles. The van der Waals surface area contributed by atoms with Gasteiger partial charge in [-0.2, -0.15) is 0 Å². The van der Waals surface area contributed by atoms with Crippen molar-refractivity contribution in [3.63, 3.8) is 0 Å². The van der Waals surface area contributed by atoms with Gasteiger partial charge in [-0.25, -0.2) is 9.98 Å². The second-order valence-corrected chi connectivity index (χ2v) is 4.83. The summed E-state index contributed by atoms with van der Waals surface area (Å²) in [7, 11) is 0. The highest BCUT2D eigenvalue weighted by molar-refractivity contribution is 6.04. The van der Waals surface area contributed by atoms with Gasteiger partial charge in [0.1, 0.15) is 0 Å². The molecule has 0 radical (unpaired) electrons. The Hall–Kier alpha value is -2.94. The van der Waals surface area contributed by atoms with Crippen LogP contribution in [0.3, 0.4) is 0 Å². The van der Waals surface area contributed by atoms with Crippen molar-refractivity contribution in [2.75, 3.05) is 11.9 Å². The molecule has 1 aromatic heterocycles. The first-order chi connectivity index (χ1) is 10.9. The summed E-state index contributed by atoms with van der Waals surface area (Å²) in [5.74, 6) is 0.719. The molecule has 0 aliphatic rings. The van der Waals surface area contributed by atoms with E-state index in [2.05, 4.69) is 27.4 Å². The van der Waals surface area contributed by atoms with Gasteiger partial charge in [0.2, 0.25) is 0 Å². The van der Waals surface area contributed by atoms with Crippen LogP contribution in [-0.4, -0.2) is 17.2 Å². The van der Waals surface area contributed by atoms with Gasteiger partial charge in [0.05, 0.1) is 12.3 Å². The Morgan fingerprint density at radius 1 is 0.818 bits per heavy atom. The molecule has 1 N–H and O–H groups in total. The fraction of sp³-hybridized carbons (Fsp3) is 0.0526. The number of benzene rings is 2. The lowest BCUT2D eigenvalue weighted by atomic mass is 10.1. The number of hydrogen-bond donors (Lipinski definition) is 1. The molecule has 3 aromatic rings. The molecule has 0 atom stereocenters. The van der Waals surface area contributed by atoms with Gasteiger partial charge in [-0.3, -0.25) is 0 Å². The molecule has 0 aliphatic carbocycles. The van der Waals surface area contributed by atoms with Crippen LogP contribution in [0.25, 0.3) is 0 Å². The smallest absolute Gasteiger partial charge is 0.152 e. The number of anilines is 1. The molecule has 3 heteroatoms. The summed E-state index contributed by atoms with van der Waals surface area (Å²) in [4.78, 5) is 8.97. The van der Waals surface area contributed by atoms with Gasteiger partial charge in [0, 0.05) is 11.9 Å². The Morgan fingerprint density at radius 3 is 2.18 bits per heavy atom. The van der Waals surface area contributed by atoms with Crippen LogP contribution in [0, 0.1) is 0 Å². The largest absolute Gasteiger partial charge is 0.379 e. The van der Waals surface area contributed by atoms with Crippen LogP contribution in [-0.2, 0) is 0 Å². The third-order valence-corrected chi connectivity index (χ3v) is 3.24. The lowest BCUT2D eigenvalue weighted by molar-refractivity contribution is 1.25. The van der Waals surface area contributed by atoms with Crippen molar-refractivity contribution in [1.29, 1.82) is 0 Å². The van der Waals surface area contributed by atoms with E-state index < -0.39 is 0 Å². The summed E-state index contributed by atoms with van der Waals surface area (Å²) in [6.45, 7) is 0.643. The van der Waals surface area contributed by atoms with Crippen LogP contribution >= 0.6 is 0 Å². The zero-order valence-electron chi connectivity index (χ0n) is 12.2. The number of aromatic nitrogens is 1. The molecule has 0 unspecified atom stereocenters. The van der Waals surface area contributed by atoms with Crippen molar-refractivity contribution < 1.29 is 0 Å². The van der Waals surface area contributed by atoms with E-state index in [1.54, 1.807) is 6.20 Å². The van der Waals surface area contributed by atoms with Crippen molar-refractivity contribution in [3.8, 4) is 0 Å². The lowest BCUT2D eigenvalue weighted by Crippen LogP contribution is -2.15. The average Bonchev–Trinajstić information content (AvgIpc) is 2.61. The molecule has 3 rings (SSSR count). The predicted molar refractivity (Wildman–Crippen MR) is 91.8 cm³/mol. The van der Waals surface area contributed by atoms with Crippen molar-refractivity contribution in [3.05, 3.63) is 90.6 Å². The van der Waals surface area contributed by atoms with E-state index >= 15 is 0 Å². The van der Waals surface area contributed by atoms with Crippen LogP contribution in [0.2, 0.25) is 0 Å². The van der Waals surface area contributed by atoms with E-state index in [4.69, 9.17) is 0 Å². The summed E-state index contributed by atoms with van der Waals surface area (Å²) >= 11 is 0. The maximum absolute atomic E-state index is 4.69. The Bertz CT molecular complexity index is 722. The summed E-state index contributed by atoms with van der Waals surface area (Å²) < 4.78 is 0. The van der Waals surface area contributed by atoms with E-state index in [1.807, 2.05) is 66.7 Å². The molecule has 0 saturated heterocycles. The maximum atomic E-state index is 4.69. The maximum Gasteiger partial charge on any atom is 0.152 e. The van der Waals surface area contributed by atoms with Gasteiger partial charge in [-0.15, -0.1) is 0 Å². The fourth-order valence-corrected chi connectivity index (χ4v) is 2.14. The molecule has 22 heavy (non-hydrogen) atoms. The summed E-state index contributed by atoms with van der Waals surface area (Å²) in [6, 6.07) is 26.0. The molecule has 1 heterocycles. The minimum atomic E-state index is 0.643. The topological polar surface area (TPSA) is 37.3 Å². The van der Waals surface area contributed by atoms with Crippen molar-refractivity contribution in [1.82, 2.24) is 4.98 Å². The zero-order chi connectivity index (χ0) is 15.0. The third kappa shape index (κ3) is 3.79. The second-order valence-electron chi connectivity index (χ2n) is 4.83. The lowest BCUT2D eigenvalue weighted by Gasteiger charge is -2.10. The predicted octanol–water partition coefficient (Wildman–Crippen LogP) is 4.31. The van der Waals surface area contributed by atoms with Gasteiger partial charge in [-0.1, -0.05) is 54.6 Å². The highest BCUT2D eigenvalue weighted by atomic mass is 14.9. The highest BCUT2D eigenvalue weighted by Gasteiger charge is 2.04. The molecule has 0 aliphatic heterocycles. The molecule has 108 valence electrons. The zero-order valence-corrected chi connectivity index (χ0v) is 12.2. The first-order valence-corrected chi connectivity index (χ1v) is 7.25. The van der Waals surface area contributed by atoms with Crippen LogP contribution in [0.15, 0.2) is 90.1 Å². The first kappa shape index (κ1) is 14.0. The molecule has 0 saturated carbocycles. The number of nitrogens with zero attached hydrogens (tertiary/aromatic N) is 2. The van der Waals surface area contributed by atoms with Gasteiger partial charge >= 0.3 is 0 Å². The van der Waals surface area contributed by atoms with Gasteiger partial charge in [0.15, 0.2) is 5.82 Å². The SMILES string of the molecule is c1ccc(NC/C(=N\c2ccccn2)c2ccccc2)cc1. The molecule has 0 fully saturated rings. The van der Waals surface area contributed by atoms with E-state index in [0.717, 1.165) is 22.8 Å². The monoisotopic (exact) mass is 287 g/mol. The second kappa shape index (κ2) is 7.18. The van der Waals surface area contributed by atoms with Crippen molar-refractivity contribution in [2.45, 2.75) is 0 Å². The molecule has 3 nitrogen and oxygen atoms in total. The van der Waals surface area contributed by atoms with Crippen molar-refractivity contribution in [2.24, 2.45) is 4.99 Å². The fourth-order valence-electron chi connectivity index (χ4n) is 2.14. The van der Waals surface area contributed by atoms with Crippen molar-refractivity contribution >= 4 is 17.2 Å². The van der Waals surface area contributed by atoms with Gasteiger partial charge in [-0.05, 0) is 29.8 Å². The van der Waals surface area contributed by atoms with Gasteiger partial charge < -0.3 is 5.32 Å². The Morgan fingerprint density at radius 2 is 1.50 bits per heavy atom. The van der Waals surface area contributed by atoms with E-state index in [-0.39, 0.29) is 0 Å². The standard InChI is InChI=1S/C19H17N3/c1-3-9-16(10-4-1)18(22-19-13-7-8-14-20-19)15-21-17-11-5-2-6-12-17/h1-14,21H,15H2/b22-18+. The van der Waals surface area contributed by atoms with E-state index in [1.165, 1.54) is 0 Å². The average molecular weight is 287 g/mol. The normalized spacial score (nSPS) is 11.2. The Kier molecular flexibility index (Phi) is 4.57. The van der Waals surface area contributed by atoms with Crippen LogP contribution < -0.4 is 5.32 Å². The summed E-state index contributed by atoms with van der Waals surface area (Å²) in [5, 5.41) is 3.40. The molecule has 0 spiro atoms. The first-order valence-electron chi connectivity index (χ1n) is 7.25. The molecular weight excluding hydrogens is 270 g/mol. The number of aliphatic imine (C=N–C) groups is 1. The molecule has 0 bridgehead atoms.